The molecule has 0 spiro atoms. The Morgan fingerprint density at radius 3 is 2.52 bits per heavy atom. The third kappa shape index (κ3) is 3.95. The first-order chi connectivity index (χ1) is 9.67. The highest BCUT2D eigenvalue weighted by atomic mass is 79.9. The van der Waals surface area contributed by atoms with Crippen molar-refractivity contribution in [3.05, 3.63) is 45.2 Å². The van der Waals surface area contributed by atoms with Gasteiger partial charge in [-0.3, -0.25) is 4.57 Å². The van der Waals surface area contributed by atoms with Gasteiger partial charge in [-0.05, 0) is 61.0 Å². The molecule has 6 heteroatoms. The molecule has 0 aliphatic carbocycles. The van der Waals surface area contributed by atoms with E-state index in [-0.39, 0.29) is 5.82 Å². The zero-order valence-corrected chi connectivity index (χ0v) is 15.0. The van der Waals surface area contributed by atoms with Gasteiger partial charge in [0.25, 0.3) is 0 Å². The lowest BCUT2D eigenvalue weighted by Gasteiger charge is -2.20. The van der Waals surface area contributed by atoms with Gasteiger partial charge < -0.3 is 4.74 Å². The second-order valence-electron chi connectivity index (χ2n) is 5.52. The highest BCUT2D eigenvalue weighted by Gasteiger charge is 2.21. The van der Waals surface area contributed by atoms with Crippen molar-refractivity contribution in [3.8, 4) is 11.3 Å². The molecule has 0 atom stereocenters. The van der Waals surface area contributed by atoms with Crippen molar-refractivity contribution >= 4 is 38.0 Å². The summed E-state index contributed by atoms with van der Waals surface area (Å²) >= 11 is 6.71. The molecule has 3 nitrogen and oxygen atoms in total. The third-order valence-electron chi connectivity index (χ3n) is 2.58. The quantitative estimate of drug-likeness (QED) is 0.603. The Labute approximate surface area is 139 Å². The van der Waals surface area contributed by atoms with E-state index in [1.54, 1.807) is 39.1 Å². The summed E-state index contributed by atoms with van der Waals surface area (Å²) < 4.78 is 21.6. The molecule has 0 unspecified atom stereocenters. The van der Waals surface area contributed by atoms with Gasteiger partial charge in [0, 0.05) is 20.7 Å². The van der Waals surface area contributed by atoms with Crippen LogP contribution in [0.25, 0.3) is 11.3 Å². The maximum Gasteiger partial charge on any atom is 0.419 e. The molecule has 1 heterocycles. The molecule has 1 aromatic heterocycles. The van der Waals surface area contributed by atoms with E-state index in [1.165, 1.54) is 16.7 Å². The summed E-state index contributed by atoms with van der Waals surface area (Å²) in [4.78, 5) is 12.3. The zero-order chi connectivity index (χ0) is 15.8. The van der Waals surface area contributed by atoms with Crippen LogP contribution in [-0.4, -0.2) is 16.3 Å². The minimum absolute atomic E-state index is 0.374. The number of ether oxygens (including phenoxy) is 1. The second kappa shape index (κ2) is 5.93. The molecule has 0 amide bonds. The van der Waals surface area contributed by atoms with Crippen molar-refractivity contribution in [1.29, 1.82) is 0 Å². The first kappa shape index (κ1) is 16.2. The number of benzene rings is 1. The van der Waals surface area contributed by atoms with Gasteiger partial charge in [-0.25, -0.2) is 9.18 Å². The van der Waals surface area contributed by atoms with E-state index in [9.17, 15) is 9.18 Å². The van der Waals surface area contributed by atoms with E-state index >= 15 is 0 Å². The zero-order valence-electron chi connectivity index (χ0n) is 11.8. The predicted molar refractivity (Wildman–Crippen MR) is 86.9 cm³/mol. The number of hydrogen-bond donors (Lipinski definition) is 0. The molecule has 0 N–H and O–H groups in total. The van der Waals surface area contributed by atoms with Crippen LogP contribution in [0.3, 0.4) is 0 Å². The van der Waals surface area contributed by atoms with Crippen LogP contribution in [0.1, 0.15) is 20.8 Å². The minimum Gasteiger partial charge on any atom is -0.443 e. The van der Waals surface area contributed by atoms with E-state index < -0.39 is 11.7 Å². The summed E-state index contributed by atoms with van der Waals surface area (Å²) in [7, 11) is 0. The lowest BCUT2D eigenvalue weighted by molar-refractivity contribution is 0.0540. The van der Waals surface area contributed by atoms with Crippen molar-refractivity contribution in [1.82, 2.24) is 4.57 Å². The summed E-state index contributed by atoms with van der Waals surface area (Å²) in [5.41, 5.74) is 0.513. The van der Waals surface area contributed by atoms with Gasteiger partial charge in [-0.1, -0.05) is 15.9 Å². The summed E-state index contributed by atoms with van der Waals surface area (Å²) in [6.45, 7) is 5.38. The van der Waals surface area contributed by atoms with E-state index in [1.807, 2.05) is 0 Å². The van der Waals surface area contributed by atoms with E-state index in [2.05, 4.69) is 31.9 Å². The average Bonchev–Trinajstić information content (AvgIpc) is 2.72. The third-order valence-corrected chi connectivity index (χ3v) is 3.71. The fourth-order valence-corrected chi connectivity index (χ4v) is 2.67. The molecule has 0 bridgehead atoms. The van der Waals surface area contributed by atoms with Crippen LogP contribution in [0.2, 0.25) is 0 Å². The second-order valence-corrected chi connectivity index (χ2v) is 7.29. The molecule has 1 aromatic carbocycles. The number of hydrogen-bond acceptors (Lipinski definition) is 2. The van der Waals surface area contributed by atoms with E-state index in [4.69, 9.17) is 4.74 Å². The minimum atomic E-state index is -0.607. The van der Waals surface area contributed by atoms with Gasteiger partial charge in [-0.15, -0.1) is 0 Å². The Balaban J connectivity index is 2.51. The Kier molecular flexibility index (Phi) is 4.58. The molecule has 0 radical (unpaired) electrons. The topological polar surface area (TPSA) is 31.2 Å². The molecule has 0 aliphatic rings. The highest BCUT2D eigenvalue weighted by Crippen LogP contribution is 2.32. The van der Waals surface area contributed by atoms with Crippen LogP contribution in [0.4, 0.5) is 9.18 Å². The molecule has 2 rings (SSSR count). The number of carbonyl (C=O) groups is 1. The monoisotopic (exact) mass is 417 g/mol. The van der Waals surface area contributed by atoms with E-state index in [0.29, 0.717) is 20.2 Å². The molecular formula is C15H14Br2FNO2. The van der Waals surface area contributed by atoms with Gasteiger partial charge in [0.2, 0.25) is 0 Å². The Bertz CT molecular complexity index is 689. The van der Waals surface area contributed by atoms with Crippen LogP contribution in [0.5, 0.6) is 0 Å². The van der Waals surface area contributed by atoms with Gasteiger partial charge in [0.15, 0.2) is 0 Å². The molecule has 112 valence electrons. The molecule has 0 aliphatic heterocycles. The molecule has 0 fully saturated rings. The van der Waals surface area contributed by atoms with Crippen LogP contribution >= 0.6 is 31.9 Å². The Morgan fingerprint density at radius 2 is 1.90 bits per heavy atom. The van der Waals surface area contributed by atoms with Crippen molar-refractivity contribution in [3.63, 3.8) is 0 Å². The standard InChI is InChI=1S/C15H14Br2FNO2/c1-15(2,3)21-14(20)19-8-9(16)6-13(19)11-7-10(18)4-5-12(11)17/h4-8H,1-3H3. The lowest BCUT2D eigenvalue weighted by Crippen LogP contribution is -2.27. The normalized spacial score (nSPS) is 11.5. The van der Waals surface area contributed by atoms with Gasteiger partial charge in [-0.2, -0.15) is 0 Å². The number of aromatic nitrogens is 1. The smallest absolute Gasteiger partial charge is 0.419 e. The van der Waals surface area contributed by atoms with Crippen LogP contribution < -0.4 is 0 Å². The van der Waals surface area contributed by atoms with Crippen molar-refractivity contribution in [2.75, 3.05) is 0 Å². The summed E-state index contributed by atoms with van der Waals surface area (Å²) in [5.74, 6) is -0.374. The van der Waals surface area contributed by atoms with Crippen LogP contribution in [0, 0.1) is 5.82 Å². The molecular weight excluding hydrogens is 405 g/mol. The SMILES string of the molecule is CC(C)(C)OC(=O)n1cc(Br)cc1-c1cc(F)ccc1Br. The van der Waals surface area contributed by atoms with Crippen LogP contribution in [0.15, 0.2) is 39.4 Å². The molecule has 21 heavy (non-hydrogen) atoms. The number of rotatable bonds is 1. The molecule has 0 saturated heterocycles. The van der Waals surface area contributed by atoms with E-state index in [0.717, 1.165) is 0 Å². The van der Waals surface area contributed by atoms with Gasteiger partial charge >= 0.3 is 6.09 Å². The summed E-state index contributed by atoms with van der Waals surface area (Å²) in [5, 5.41) is 0. The van der Waals surface area contributed by atoms with Crippen molar-refractivity contribution in [2.45, 2.75) is 26.4 Å². The van der Waals surface area contributed by atoms with Crippen molar-refractivity contribution in [2.24, 2.45) is 0 Å². The average molecular weight is 419 g/mol. The van der Waals surface area contributed by atoms with Gasteiger partial charge in [0.05, 0.1) is 5.69 Å². The largest absolute Gasteiger partial charge is 0.443 e. The first-order valence-corrected chi connectivity index (χ1v) is 7.82. The van der Waals surface area contributed by atoms with Gasteiger partial charge in [0.1, 0.15) is 11.4 Å². The highest BCUT2D eigenvalue weighted by molar-refractivity contribution is 9.10. The molecule has 0 saturated carbocycles. The fraction of sp³-hybridized carbons (Fsp3) is 0.267. The van der Waals surface area contributed by atoms with Crippen molar-refractivity contribution < 1.29 is 13.9 Å². The lowest BCUT2D eigenvalue weighted by atomic mass is 10.1. The molecule has 2 aromatic rings. The number of carbonyl (C=O) groups excluding carboxylic acids is 1. The Morgan fingerprint density at radius 1 is 1.24 bits per heavy atom. The first-order valence-electron chi connectivity index (χ1n) is 6.24. The maximum atomic E-state index is 13.5. The summed E-state index contributed by atoms with van der Waals surface area (Å²) in [6, 6.07) is 6.06. The Hall–Kier alpha value is -1.14. The predicted octanol–water partition coefficient (Wildman–Crippen LogP) is 5.60. The number of nitrogens with zero attached hydrogens (tertiary/aromatic N) is 1. The summed E-state index contributed by atoms with van der Waals surface area (Å²) in [6.07, 6.45) is 1.08. The fourth-order valence-electron chi connectivity index (χ4n) is 1.79. The van der Waals surface area contributed by atoms with Crippen LogP contribution in [-0.2, 0) is 4.74 Å². The number of halogens is 3. The maximum absolute atomic E-state index is 13.5.